The molecule has 0 unspecified atom stereocenters. The van der Waals surface area contributed by atoms with Gasteiger partial charge < -0.3 is 16.4 Å². The fraction of sp³-hybridized carbons (Fsp3) is 0.562. The van der Waals surface area contributed by atoms with Gasteiger partial charge in [-0.1, -0.05) is 0 Å². The van der Waals surface area contributed by atoms with Gasteiger partial charge in [0.2, 0.25) is 0 Å². The summed E-state index contributed by atoms with van der Waals surface area (Å²) < 4.78 is 0. The lowest BCUT2D eigenvalue weighted by atomic mass is 9.91. The first-order valence-corrected chi connectivity index (χ1v) is 7.65. The molecule has 2 aliphatic rings. The molecule has 4 N–H and O–H groups in total. The lowest BCUT2D eigenvalue weighted by molar-refractivity contribution is 0.0926. The van der Waals surface area contributed by atoms with Crippen molar-refractivity contribution in [3.8, 4) is 0 Å². The third kappa shape index (κ3) is 2.96. The Morgan fingerprint density at radius 1 is 1.25 bits per heavy atom. The van der Waals surface area contributed by atoms with Crippen molar-refractivity contribution in [2.45, 2.75) is 50.6 Å². The van der Waals surface area contributed by atoms with Crippen molar-refractivity contribution in [1.82, 2.24) is 5.32 Å². The minimum absolute atomic E-state index is 0.0545. The van der Waals surface area contributed by atoms with Crippen molar-refractivity contribution < 1.29 is 4.79 Å². The van der Waals surface area contributed by atoms with Crippen molar-refractivity contribution >= 4 is 11.6 Å². The Bertz CT molecular complexity index is 492. The highest BCUT2D eigenvalue weighted by atomic mass is 16.1. The average molecular weight is 273 g/mol. The molecular weight excluding hydrogens is 250 g/mol. The zero-order valence-corrected chi connectivity index (χ0v) is 11.8. The predicted molar refractivity (Wildman–Crippen MR) is 81.0 cm³/mol. The first-order chi connectivity index (χ1) is 9.72. The van der Waals surface area contributed by atoms with Gasteiger partial charge in [-0.3, -0.25) is 4.79 Å². The minimum atomic E-state index is 0.0545. The summed E-state index contributed by atoms with van der Waals surface area (Å²) in [6.07, 6.45) is 6.22. The van der Waals surface area contributed by atoms with Crippen LogP contribution in [0.15, 0.2) is 18.2 Å². The maximum atomic E-state index is 12.3. The summed E-state index contributed by atoms with van der Waals surface area (Å²) in [6.45, 7) is 1.03. The number of hydrogen-bond acceptors (Lipinski definition) is 3. The first-order valence-electron chi connectivity index (χ1n) is 7.65. The number of hydrogen-bond donors (Lipinski definition) is 3. The van der Waals surface area contributed by atoms with Crippen LogP contribution < -0.4 is 16.4 Å². The van der Waals surface area contributed by atoms with Crippen LogP contribution in [0.5, 0.6) is 0 Å². The molecule has 0 bridgehead atoms. The van der Waals surface area contributed by atoms with E-state index < -0.39 is 0 Å². The maximum Gasteiger partial charge on any atom is 0.251 e. The Kier molecular flexibility index (Phi) is 3.92. The second kappa shape index (κ2) is 5.83. The second-order valence-corrected chi connectivity index (χ2v) is 5.99. The highest BCUT2D eigenvalue weighted by Gasteiger charge is 2.21. The van der Waals surface area contributed by atoms with Gasteiger partial charge in [-0.05, 0) is 62.3 Å². The Morgan fingerprint density at radius 3 is 2.85 bits per heavy atom. The summed E-state index contributed by atoms with van der Waals surface area (Å²) in [4.78, 5) is 12.3. The van der Waals surface area contributed by atoms with Crippen molar-refractivity contribution in [2.75, 3.05) is 11.9 Å². The molecule has 0 aromatic heterocycles. The average Bonchev–Trinajstić information content (AvgIpc) is 2.49. The molecule has 1 amide bonds. The molecule has 4 nitrogen and oxygen atoms in total. The molecule has 0 radical (unpaired) electrons. The highest BCUT2D eigenvalue weighted by Crippen LogP contribution is 2.23. The lowest BCUT2D eigenvalue weighted by Gasteiger charge is -2.27. The van der Waals surface area contributed by atoms with Gasteiger partial charge in [0.15, 0.2) is 0 Å². The monoisotopic (exact) mass is 273 g/mol. The van der Waals surface area contributed by atoms with Gasteiger partial charge in [-0.25, -0.2) is 0 Å². The zero-order valence-electron chi connectivity index (χ0n) is 11.8. The van der Waals surface area contributed by atoms with Crippen LogP contribution in [0.3, 0.4) is 0 Å². The number of fused-ring (bicyclic) bond motifs is 1. The topological polar surface area (TPSA) is 67.1 Å². The van der Waals surface area contributed by atoms with Gasteiger partial charge in [-0.15, -0.1) is 0 Å². The number of anilines is 1. The minimum Gasteiger partial charge on any atom is -0.385 e. The Balaban J connectivity index is 1.65. The Morgan fingerprint density at radius 2 is 2.05 bits per heavy atom. The molecule has 3 rings (SSSR count). The van der Waals surface area contributed by atoms with E-state index in [1.54, 1.807) is 0 Å². The van der Waals surface area contributed by atoms with Gasteiger partial charge in [0.25, 0.3) is 5.91 Å². The van der Waals surface area contributed by atoms with Crippen LogP contribution >= 0.6 is 0 Å². The van der Waals surface area contributed by atoms with E-state index in [1.807, 2.05) is 18.2 Å². The third-order valence-corrected chi connectivity index (χ3v) is 4.41. The van der Waals surface area contributed by atoms with Crippen LogP contribution in [0.4, 0.5) is 5.69 Å². The van der Waals surface area contributed by atoms with Gasteiger partial charge in [-0.2, -0.15) is 0 Å². The van der Waals surface area contributed by atoms with E-state index in [0.29, 0.717) is 6.04 Å². The number of carbonyl (C=O) groups is 1. The summed E-state index contributed by atoms with van der Waals surface area (Å²) in [7, 11) is 0. The van der Waals surface area contributed by atoms with Crippen LogP contribution in [0.25, 0.3) is 0 Å². The van der Waals surface area contributed by atoms with Gasteiger partial charge in [0.05, 0.1) is 0 Å². The molecule has 1 heterocycles. The quantitative estimate of drug-likeness (QED) is 0.772. The third-order valence-electron chi connectivity index (χ3n) is 4.41. The first kappa shape index (κ1) is 13.4. The Labute approximate surface area is 120 Å². The van der Waals surface area contributed by atoms with Gasteiger partial charge in [0, 0.05) is 29.9 Å². The van der Waals surface area contributed by atoms with E-state index >= 15 is 0 Å². The summed E-state index contributed by atoms with van der Waals surface area (Å²) >= 11 is 0. The normalized spacial score (nSPS) is 25.4. The van der Waals surface area contributed by atoms with Crippen molar-refractivity contribution in [3.05, 3.63) is 29.3 Å². The van der Waals surface area contributed by atoms with Crippen LogP contribution in [-0.2, 0) is 6.42 Å². The number of rotatable bonds is 2. The molecule has 1 aromatic rings. The summed E-state index contributed by atoms with van der Waals surface area (Å²) in [5.41, 5.74) is 9.11. The number of nitrogens with two attached hydrogens (primary N) is 1. The van der Waals surface area contributed by atoms with Crippen molar-refractivity contribution in [2.24, 2.45) is 5.73 Å². The van der Waals surface area contributed by atoms with Crippen LogP contribution in [0, 0.1) is 0 Å². The largest absolute Gasteiger partial charge is 0.385 e. The molecule has 4 heteroatoms. The molecule has 20 heavy (non-hydrogen) atoms. The van der Waals surface area contributed by atoms with E-state index in [1.165, 1.54) is 11.3 Å². The molecule has 1 aliphatic carbocycles. The number of benzene rings is 1. The zero-order chi connectivity index (χ0) is 13.9. The second-order valence-electron chi connectivity index (χ2n) is 5.99. The highest BCUT2D eigenvalue weighted by molar-refractivity contribution is 5.95. The fourth-order valence-electron chi connectivity index (χ4n) is 3.15. The number of amides is 1. The van der Waals surface area contributed by atoms with Crippen LogP contribution in [0.1, 0.15) is 48.0 Å². The fourth-order valence-corrected chi connectivity index (χ4v) is 3.15. The SMILES string of the molecule is NC1CCC(NC(=O)c2ccc3c(c2)CCCN3)CC1. The molecule has 1 aliphatic heterocycles. The lowest BCUT2D eigenvalue weighted by Crippen LogP contribution is -2.40. The standard InChI is InChI=1S/C16H23N3O/c17-13-4-6-14(7-5-13)19-16(20)12-3-8-15-11(10-12)2-1-9-18-15/h3,8,10,13-14,18H,1-2,4-7,9,17H2,(H,19,20). The molecule has 1 aromatic carbocycles. The summed E-state index contributed by atoms with van der Waals surface area (Å²) in [6, 6.07) is 6.58. The molecule has 108 valence electrons. The summed E-state index contributed by atoms with van der Waals surface area (Å²) in [5.74, 6) is 0.0545. The Hall–Kier alpha value is -1.55. The van der Waals surface area contributed by atoms with Crippen molar-refractivity contribution in [1.29, 1.82) is 0 Å². The van der Waals surface area contributed by atoms with E-state index in [2.05, 4.69) is 10.6 Å². The molecule has 1 fully saturated rings. The van der Waals surface area contributed by atoms with E-state index in [9.17, 15) is 4.79 Å². The maximum absolute atomic E-state index is 12.3. The molecule has 1 saturated carbocycles. The molecular formula is C16H23N3O. The smallest absolute Gasteiger partial charge is 0.251 e. The van der Waals surface area contributed by atoms with Gasteiger partial charge in [0.1, 0.15) is 0 Å². The van der Waals surface area contributed by atoms with Crippen molar-refractivity contribution in [3.63, 3.8) is 0 Å². The molecule has 0 saturated heterocycles. The van der Waals surface area contributed by atoms with E-state index in [0.717, 1.165) is 50.6 Å². The van der Waals surface area contributed by atoms with E-state index in [4.69, 9.17) is 5.73 Å². The number of nitrogens with one attached hydrogen (secondary N) is 2. The predicted octanol–water partition coefficient (Wildman–Crippen LogP) is 2.04. The molecule has 0 atom stereocenters. The number of carbonyl (C=O) groups excluding carboxylic acids is 1. The van der Waals surface area contributed by atoms with Gasteiger partial charge >= 0.3 is 0 Å². The van der Waals surface area contributed by atoms with Crippen LogP contribution in [-0.4, -0.2) is 24.5 Å². The van der Waals surface area contributed by atoms with Crippen LogP contribution in [0.2, 0.25) is 0 Å². The molecule has 0 spiro atoms. The number of aryl methyl sites for hydroxylation is 1. The van der Waals surface area contributed by atoms with E-state index in [-0.39, 0.29) is 11.9 Å². The summed E-state index contributed by atoms with van der Waals surface area (Å²) in [5, 5.41) is 6.52.